The molecule has 3 heteroatoms. The van der Waals surface area contributed by atoms with Crippen LogP contribution >= 0.6 is 15.9 Å². The summed E-state index contributed by atoms with van der Waals surface area (Å²) in [6.07, 6.45) is 3.81. The van der Waals surface area contributed by atoms with Gasteiger partial charge in [-0.3, -0.25) is 4.79 Å². The predicted octanol–water partition coefficient (Wildman–Crippen LogP) is 2.94. The molecule has 2 atom stereocenters. The highest BCUT2D eigenvalue weighted by Crippen LogP contribution is 2.32. The van der Waals surface area contributed by atoms with Gasteiger partial charge in [0.1, 0.15) is 5.78 Å². The summed E-state index contributed by atoms with van der Waals surface area (Å²) in [6.45, 7) is 0.645. The summed E-state index contributed by atoms with van der Waals surface area (Å²) >= 11 is 3.49. The summed E-state index contributed by atoms with van der Waals surface area (Å²) < 4.78 is 1.02. The zero-order chi connectivity index (χ0) is 12.3. The van der Waals surface area contributed by atoms with E-state index in [1.165, 1.54) is 0 Å². The van der Waals surface area contributed by atoms with Gasteiger partial charge < -0.3 is 5.73 Å². The molecule has 0 aromatic heterocycles. The van der Waals surface area contributed by atoms with Crippen LogP contribution in [0.4, 0.5) is 0 Å². The van der Waals surface area contributed by atoms with Crippen molar-refractivity contribution in [3.63, 3.8) is 0 Å². The number of nitrogens with two attached hydrogens (primary N) is 1. The molecule has 2 unspecified atom stereocenters. The second-order valence-corrected chi connectivity index (χ2v) is 5.62. The Morgan fingerprint density at radius 1 is 1.35 bits per heavy atom. The van der Waals surface area contributed by atoms with Crippen LogP contribution in [0, 0.1) is 11.8 Å². The van der Waals surface area contributed by atoms with E-state index >= 15 is 0 Å². The van der Waals surface area contributed by atoms with Crippen molar-refractivity contribution >= 4 is 21.7 Å². The zero-order valence-corrected chi connectivity index (χ0v) is 11.4. The van der Waals surface area contributed by atoms with E-state index in [0.29, 0.717) is 24.7 Å². The summed E-state index contributed by atoms with van der Waals surface area (Å²) in [7, 11) is 0. The fraction of sp³-hybridized carbons (Fsp3) is 0.500. The van der Waals surface area contributed by atoms with Crippen molar-refractivity contribution in [2.45, 2.75) is 25.7 Å². The fourth-order valence-corrected chi connectivity index (χ4v) is 3.13. The summed E-state index contributed by atoms with van der Waals surface area (Å²) in [5, 5.41) is 0. The zero-order valence-electron chi connectivity index (χ0n) is 9.86. The van der Waals surface area contributed by atoms with Crippen LogP contribution in [0.2, 0.25) is 0 Å². The van der Waals surface area contributed by atoms with Gasteiger partial charge in [0.25, 0.3) is 0 Å². The van der Waals surface area contributed by atoms with Crippen LogP contribution in [0.1, 0.15) is 24.8 Å². The summed E-state index contributed by atoms with van der Waals surface area (Å²) in [5.41, 5.74) is 6.81. The topological polar surface area (TPSA) is 43.1 Å². The van der Waals surface area contributed by atoms with Crippen LogP contribution in [0.15, 0.2) is 28.7 Å². The van der Waals surface area contributed by atoms with E-state index in [1.54, 1.807) is 0 Å². The lowest BCUT2D eigenvalue weighted by atomic mass is 9.89. The van der Waals surface area contributed by atoms with E-state index in [2.05, 4.69) is 15.9 Å². The smallest absolute Gasteiger partial charge is 0.140 e. The lowest BCUT2D eigenvalue weighted by molar-refractivity contribution is -0.123. The molecule has 2 N–H and O–H groups in total. The Bertz CT molecular complexity index is 405. The van der Waals surface area contributed by atoms with Crippen LogP contribution in [0.3, 0.4) is 0 Å². The number of carbonyl (C=O) groups excluding carboxylic acids is 1. The van der Waals surface area contributed by atoms with Gasteiger partial charge in [0.2, 0.25) is 0 Å². The van der Waals surface area contributed by atoms with Gasteiger partial charge in [-0.2, -0.15) is 0 Å². The molecule has 2 nitrogen and oxygen atoms in total. The Balaban J connectivity index is 2.04. The van der Waals surface area contributed by atoms with Crippen molar-refractivity contribution in [1.82, 2.24) is 0 Å². The number of ketones is 1. The Morgan fingerprint density at radius 3 is 2.82 bits per heavy atom. The van der Waals surface area contributed by atoms with Crippen LogP contribution in [-0.4, -0.2) is 12.3 Å². The molecule has 1 saturated carbocycles. The Labute approximate surface area is 111 Å². The normalized spacial score (nSPS) is 23.9. The fourth-order valence-electron chi connectivity index (χ4n) is 2.70. The van der Waals surface area contributed by atoms with E-state index in [4.69, 9.17) is 5.73 Å². The molecule has 1 aromatic rings. The molecule has 17 heavy (non-hydrogen) atoms. The number of hydrogen-bond acceptors (Lipinski definition) is 2. The third-order valence-corrected chi connectivity index (χ3v) is 4.47. The molecule has 2 rings (SSSR count). The molecule has 1 aliphatic rings. The van der Waals surface area contributed by atoms with Crippen molar-refractivity contribution in [2.75, 3.05) is 6.54 Å². The van der Waals surface area contributed by atoms with Crippen LogP contribution in [0.25, 0.3) is 0 Å². The van der Waals surface area contributed by atoms with Crippen molar-refractivity contribution in [1.29, 1.82) is 0 Å². The average molecular weight is 296 g/mol. The minimum atomic E-state index is 0.187. The van der Waals surface area contributed by atoms with Gasteiger partial charge in [-0.1, -0.05) is 40.5 Å². The molecule has 0 heterocycles. The van der Waals surface area contributed by atoms with Crippen molar-refractivity contribution in [3.8, 4) is 0 Å². The lowest BCUT2D eigenvalue weighted by Gasteiger charge is -2.16. The Kier molecular flexibility index (Phi) is 4.35. The number of benzene rings is 1. The first-order chi connectivity index (χ1) is 8.22. The van der Waals surface area contributed by atoms with Crippen LogP contribution in [-0.2, 0) is 11.2 Å². The van der Waals surface area contributed by atoms with E-state index in [-0.39, 0.29) is 5.92 Å². The van der Waals surface area contributed by atoms with Gasteiger partial charge in [-0.05, 0) is 36.9 Å². The van der Waals surface area contributed by atoms with Gasteiger partial charge >= 0.3 is 0 Å². The molecule has 0 amide bonds. The SMILES string of the molecule is NCC1CCCC1C(=O)Cc1ccccc1Br. The first-order valence-corrected chi connectivity index (χ1v) is 6.98. The monoisotopic (exact) mass is 295 g/mol. The third kappa shape index (κ3) is 2.96. The molecule has 1 aromatic carbocycles. The molecule has 0 spiro atoms. The second-order valence-electron chi connectivity index (χ2n) is 4.77. The van der Waals surface area contributed by atoms with E-state index in [1.807, 2.05) is 24.3 Å². The molecule has 92 valence electrons. The van der Waals surface area contributed by atoms with Gasteiger partial charge in [0.05, 0.1) is 0 Å². The number of rotatable bonds is 4. The average Bonchev–Trinajstić information content (AvgIpc) is 2.80. The van der Waals surface area contributed by atoms with E-state index in [9.17, 15) is 4.79 Å². The maximum Gasteiger partial charge on any atom is 0.140 e. The molecule has 0 radical (unpaired) electrons. The summed E-state index contributed by atoms with van der Waals surface area (Å²) in [5.74, 6) is 0.946. The predicted molar refractivity (Wildman–Crippen MR) is 72.7 cm³/mol. The molecule has 0 bridgehead atoms. The Morgan fingerprint density at radius 2 is 2.12 bits per heavy atom. The van der Waals surface area contributed by atoms with Crippen molar-refractivity contribution < 1.29 is 4.79 Å². The maximum absolute atomic E-state index is 12.3. The number of halogens is 1. The molecular weight excluding hydrogens is 278 g/mol. The maximum atomic E-state index is 12.3. The van der Waals surface area contributed by atoms with E-state index in [0.717, 1.165) is 29.3 Å². The van der Waals surface area contributed by atoms with Gasteiger partial charge in [-0.15, -0.1) is 0 Å². The van der Waals surface area contributed by atoms with Gasteiger partial charge in [0, 0.05) is 16.8 Å². The highest BCUT2D eigenvalue weighted by molar-refractivity contribution is 9.10. The Hall–Kier alpha value is -0.670. The first-order valence-electron chi connectivity index (χ1n) is 6.18. The minimum absolute atomic E-state index is 0.187. The van der Waals surface area contributed by atoms with Gasteiger partial charge in [-0.25, -0.2) is 0 Å². The number of carbonyl (C=O) groups is 1. The first kappa shape index (κ1) is 12.8. The van der Waals surface area contributed by atoms with E-state index < -0.39 is 0 Å². The van der Waals surface area contributed by atoms with Crippen molar-refractivity contribution in [2.24, 2.45) is 17.6 Å². The van der Waals surface area contributed by atoms with Crippen LogP contribution < -0.4 is 5.73 Å². The molecular formula is C14H18BrNO. The minimum Gasteiger partial charge on any atom is -0.330 e. The standard InChI is InChI=1S/C14H18BrNO/c15-13-7-2-1-4-10(13)8-14(17)12-6-3-5-11(12)9-16/h1-2,4,7,11-12H,3,5-6,8-9,16H2. The highest BCUT2D eigenvalue weighted by Gasteiger charge is 2.31. The second kappa shape index (κ2) is 5.78. The summed E-state index contributed by atoms with van der Waals surface area (Å²) in [4.78, 5) is 12.3. The molecule has 1 fully saturated rings. The molecule has 0 aliphatic heterocycles. The number of Topliss-reactive ketones (excluding diaryl/α,β-unsaturated/α-hetero) is 1. The van der Waals surface area contributed by atoms with Crippen molar-refractivity contribution in [3.05, 3.63) is 34.3 Å². The molecule has 0 saturated heterocycles. The molecule has 1 aliphatic carbocycles. The van der Waals surface area contributed by atoms with Gasteiger partial charge in [0.15, 0.2) is 0 Å². The number of hydrogen-bond donors (Lipinski definition) is 1. The quantitative estimate of drug-likeness (QED) is 0.928. The highest BCUT2D eigenvalue weighted by atomic mass is 79.9. The van der Waals surface area contributed by atoms with Crippen LogP contribution in [0.5, 0.6) is 0 Å². The largest absolute Gasteiger partial charge is 0.330 e. The lowest BCUT2D eigenvalue weighted by Crippen LogP contribution is -2.26. The summed E-state index contributed by atoms with van der Waals surface area (Å²) in [6, 6.07) is 7.94. The third-order valence-electron chi connectivity index (χ3n) is 3.70.